The Morgan fingerprint density at radius 2 is 1.65 bits per heavy atom. The number of Topliss-reactive ketones (excluding diaryl/α,β-unsaturated/α-hetero) is 1. The standard InChI is InChI=1S/C33H33FN2O4/c1-3-4-5-10-30(38)36-28-9-7-6-8-26(28)35-27-19-24(21-15-17-25(34)18-16-21)20-29(37)31(27)32(36)22-11-13-23(14-12-22)33(39)40-2/h6-9,11-18,24,32,35H,3-5,10,19-20H2,1-2H3/t24-,32-/m1/s1. The number of rotatable bonds is 7. The summed E-state index contributed by atoms with van der Waals surface area (Å²) in [4.78, 5) is 41.9. The number of esters is 1. The number of fused-ring (bicyclic) bond motifs is 1. The van der Waals surface area contributed by atoms with Gasteiger partial charge in [0.15, 0.2) is 5.78 Å². The molecule has 1 aliphatic carbocycles. The Bertz CT molecular complexity index is 1450. The van der Waals surface area contributed by atoms with Crippen molar-refractivity contribution in [2.75, 3.05) is 17.3 Å². The molecule has 5 rings (SSSR count). The van der Waals surface area contributed by atoms with Crippen LogP contribution in [0.4, 0.5) is 15.8 Å². The van der Waals surface area contributed by atoms with E-state index in [2.05, 4.69) is 12.2 Å². The number of halogens is 1. The zero-order valence-corrected chi connectivity index (χ0v) is 22.8. The smallest absolute Gasteiger partial charge is 0.337 e. The molecule has 3 aromatic rings. The molecule has 0 aromatic heterocycles. The Labute approximate surface area is 233 Å². The molecule has 3 aromatic carbocycles. The summed E-state index contributed by atoms with van der Waals surface area (Å²) in [5.41, 5.74) is 4.77. The summed E-state index contributed by atoms with van der Waals surface area (Å²) in [5.74, 6) is -1.03. The summed E-state index contributed by atoms with van der Waals surface area (Å²) in [6.07, 6.45) is 3.81. The Kier molecular flexibility index (Phi) is 8.10. The first-order chi connectivity index (χ1) is 19.4. The van der Waals surface area contributed by atoms with Crippen LogP contribution in [0.2, 0.25) is 0 Å². The van der Waals surface area contributed by atoms with Crippen LogP contribution >= 0.6 is 0 Å². The van der Waals surface area contributed by atoms with Crippen LogP contribution in [-0.4, -0.2) is 24.8 Å². The van der Waals surface area contributed by atoms with Gasteiger partial charge in [-0.3, -0.25) is 14.5 Å². The van der Waals surface area contributed by atoms with Gasteiger partial charge >= 0.3 is 5.97 Å². The number of carbonyl (C=O) groups excluding carboxylic acids is 3. The Balaban J connectivity index is 1.65. The van der Waals surface area contributed by atoms with Gasteiger partial charge in [-0.25, -0.2) is 9.18 Å². The van der Waals surface area contributed by atoms with Gasteiger partial charge in [0.05, 0.1) is 30.1 Å². The average Bonchev–Trinajstić information content (AvgIpc) is 3.12. The molecule has 1 heterocycles. The fourth-order valence-electron chi connectivity index (χ4n) is 5.72. The van der Waals surface area contributed by atoms with Crippen molar-refractivity contribution in [2.24, 2.45) is 0 Å². The lowest BCUT2D eigenvalue weighted by atomic mass is 9.78. The normalized spacial score (nSPS) is 18.4. The van der Waals surface area contributed by atoms with Crippen molar-refractivity contribution in [3.63, 3.8) is 0 Å². The molecule has 1 amide bonds. The van der Waals surface area contributed by atoms with Crippen LogP contribution in [0.15, 0.2) is 84.1 Å². The number of benzene rings is 3. The maximum Gasteiger partial charge on any atom is 0.337 e. The van der Waals surface area contributed by atoms with E-state index < -0.39 is 12.0 Å². The molecule has 0 bridgehead atoms. The molecule has 6 nitrogen and oxygen atoms in total. The van der Waals surface area contributed by atoms with Crippen molar-refractivity contribution in [1.29, 1.82) is 0 Å². The van der Waals surface area contributed by atoms with Gasteiger partial charge in [-0.2, -0.15) is 0 Å². The van der Waals surface area contributed by atoms with Crippen molar-refractivity contribution in [3.05, 3.63) is 107 Å². The number of anilines is 2. The molecule has 2 atom stereocenters. The number of nitrogens with zero attached hydrogens (tertiary/aromatic N) is 1. The minimum absolute atomic E-state index is 0.0630. The zero-order valence-electron chi connectivity index (χ0n) is 22.8. The number of unbranched alkanes of at least 4 members (excludes halogenated alkanes) is 2. The van der Waals surface area contributed by atoms with Crippen LogP contribution < -0.4 is 10.2 Å². The van der Waals surface area contributed by atoms with Crippen molar-refractivity contribution in [1.82, 2.24) is 0 Å². The minimum Gasteiger partial charge on any atom is -0.465 e. The first-order valence-electron chi connectivity index (χ1n) is 13.8. The van der Waals surface area contributed by atoms with Gasteiger partial charge in [0.25, 0.3) is 0 Å². The SMILES string of the molecule is CCCCCC(=O)N1c2ccccc2NC2=C(C(=O)C[C@H](c3ccc(F)cc3)C2)[C@H]1c1ccc(C(=O)OC)cc1. The van der Waals surface area contributed by atoms with E-state index in [0.29, 0.717) is 29.7 Å². The van der Waals surface area contributed by atoms with Gasteiger partial charge in [-0.05, 0) is 66.3 Å². The first-order valence-corrected chi connectivity index (χ1v) is 13.8. The molecule has 206 valence electrons. The number of amides is 1. The molecule has 1 N–H and O–H groups in total. The molecule has 0 fully saturated rings. The third-order valence-electron chi connectivity index (χ3n) is 7.74. The van der Waals surface area contributed by atoms with E-state index >= 15 is 0 Å². The Morgan fingerprint density at radius 1 is 0.950 bits per heavy atom. The van der Waals surface area contributed by atoms with Gasteiger partial charge in [0, 0.05) is 24.1 Å². The number of para-hydroxylation sites is 2. The number of nitrogens with one attached hydrogen (secondary N) is 1. The molecule has 2 aliphatic rings. The molecule has 0 spiro atoms. The van der Waals surface area contributed by atoms with Crippen LogP contribution in [-0.2, 0) is 14.3 Å². The average molecular weight is 541 g/mol. The lowest BCUT2D eigenvalue weighted by Crippen LogP contribution is -2.38. The van der Waals surface area contributed by atoms with E-state index in [0.717, 1.165) is 41.8 Å². The van der Waals surface area contributed by atoms with Gasteiger partial charge < -0.3 is 10.1 Å². The number of ether oxygens (including phenoxy) is 1. The van der Waals surface area contributed by atoms with Crippen molar-refractivity contribution >= 4 is 29.0 Å². The largest absolute Gasteiger partial charge is 0.465 e. The van der Waals surface area contributed by atoms with Crippen molar-refractivity contribution in [2.45, 2.75) is 57.4 Å². The lowest BCUT2D eigenvalue weighted by Gasteiger charge is -2.35. The maximum atomic E-state index is 14.0. The quantitative estimate of drug-likeness (QED) is 0.256. The van der Waals surface area contributed by atoms with Gasteiger partial charge in [-0.1, -0.05) is 56.2 Å². The van der Waals surface area contributed by atoms with Crippen LogP contribution in [0.25, 0.3) is 0 Å². The summed E-state index contributed by atoms with van der Waals surface area (Å²) in [7, 11) is 1.33. The fourth-order valence-corrected chi connectivity index (χ4v) is 5.72. The summed E-state index contributed by atoms with van der Waals surface area (Å²) in [6.45, 7) is 2.09. The number of methoxy groups -OCH3 is 1. The number of hydrogen-bond acceptors (Lipinski definition) is 5. The second-order valence-corrected chi connectivity index (χ2v) is 10.4. The third-order valence-corrected chi connectivity index (χ3v) is 7.74. The highest BCUT2D eigenvalue weighted by Gasteiger charge is 2.41. The molecular weight excluding hydrogens is 507 g/mol. The highest BCUT2D eigenvalue weighted by atomic mass is 19.1. The molecule has 0 saturated heterocycles. The Hall–Kier alpha value is -4.26. The molecule has 7 heteroatoms. The molecular formula is C33H33FN2O4. The van der Waals surface area contributed by atoms with Crippen LogP contribution in [0.1, 0.15) is 78.9 Å². The molecule has 0 unspecified atom stereocenters. The maximum absolute atomic E-state index is 14.0. The van der Waals surface area contributed by atoms with E-state index in [9.17, 15) is 18.8 Å². The fraction of sp³-hybridized carbons (Fsp3) is 0.303. The summed E-state index contributed by atoms with van der Waals surface area (Å²) < 4.78 is 18.5. The lowest BCUT2D eigenvalue weighted by molar-refractivity contribution is -0.119. The number of hydrogen-bond donors (Lipinski definition) is 1. The predicted octanol–water partition coefficient (Wildman–Crippen LogP) is 7.09. The second kappa shape index (κ2) is 11.9. The van der Waals surface area contributed by atoms with Gasteiger partial charge in [-0.15, -0.1) is 0 Å². The minimum atomic E-state index is -0.673. The summed E-state index contributed by atoms with van der Waals surface area (Å²) in [6, 6.07) is 20.2. The molecule has 40 heavy (non-hydrogen) atoms. The topological polar surface area (TPSA) is 75.7 Å². The van der Waals surface area contributed by atoms with Crippen LogP contribution in [0, 0.1) is 5.82 Å². The predicted molar refractivity (Wildman–Crippen MR) is 153 cm³/mol. The van der Waals surface area contributed by atoms with E-state index in [1.807, 2.05) is 24.3 Å². The highest BCUT2D eigenvalue weighted by Crippen LogP contribution is 2.47. The second-order valence-electron chi connectivity index (χ2n) is 10.4. The summed E-state index contributed by atoms with van der Waals surface area (Å²) in [5, 5.41) is 3.51. The van der Waals surface area contributed by atoms with Gasteiger partial charge in [0.1, 0.15) is 5.82 Å². The van der Waals surface area contributed by atoms with Crippen LogP contribution in [0.5, 0.6) is 0 Å². The van der Waals surface area contributed by atoms with Crippen LogP contribution in [0.3, 0.4) is 0 Å². The van der Waals surface area contributed by atoms with Crippen molar-refractivity contribution in [3.8, 4) is 0 Å². The zero-order chi connectivity index (χ0) is 28.2. The van der Waals surface area contributed by atoms with E-state index in [1.165, 1.54) is 19.2 Å². The van der Waals surface area contributed by atoms with E-state index in [1.54, 1.807) is 41.3 Å². The number of ketones is 1. The molecule has 0 saturated carbocycles. The Morgan fingerprint density at radius 3 is 2.35 bits per heavy atom. The van der Waals surface area contributed by atoms with Crippen molar-refractivity contribution < 1.29 is 23.5 Å². The highest BCUT2D eigenvalue weighted by molar-refractivity contribution is 6.06. The van der Waals surface area contributed by atoms with Gasteiger partial charge in [0.2, 0.25) is 5.91 Å². The van der Waals surface area contributed by atoms with E-state index in [4.69, 9.17) is 4.74 Å². The molecule has 1 aliphatic heterocycles. The molecule has 0 radical (unpaired) electrons. The first kappa shape index (κ1) is 27.3. The van der Waals surface area contributed by atoms with E-state index in [-0.39, 0.29) is 29.8 Å². The number of carbonyl (C=O) groups is 3. The third kappa shape index (κ3) is 5.41. The summed E-state index contributed by atoms with van der Waals surface area (Å²) >= 11 is 0. The number of allylic oxidation sites excluding steroid dienone is 1. The monoisotopic (exact) mass is 540 g/mol.